The number of aromatic hydroxyl groups is 1. The Morgan fingerprint density at radius 1 is 1.14 bits per heavy atom. The van der Waals surface area contributed by atoms with Gasteiger partial charge in [-0.3, -0.25) is 4.90 Å². The van der Waals surface area contributed by atoms with E-state index in [2.05, 4.69) is 0 Å². The van der Waals surface area contributed by atoms with Crippen molar-refractivity contribution in [2.24, 2.45) is 11.8 Å². The van der Waals surface area contributed by atoms with Crippen molar-refractivity contribution in [3.63, 3.8) is 0 Å². The summed E-state index contributed by atoms with van der Waals surface area (Å²) in [4.78, 5) is 15.6. The van der Waals surface area contributed by atoms with E-state index in [0.717, 1.165) is 12.0 Å². The number of carbonyl (C=O) groups is 1. The lowest BCUT2D eigenvalue weighted by Crippen LogP contribution is -2.51. The fraction of sp³-hybridized carbons (Fsp3) is 0.567. The van der Waals surface area contributed by atoms with Gasteiger partial charge in [0, 0.05) is 18.8 Å². The van der Waals surface area contributed by atoms with Crippen LogP contribution in [0.25, 0.3) is 0 Å². The zero-order chi connectivity index (χ0) is 30.2. The number of nitrogens with zero attached hydrogens (tertiary/aromatic N) is 2. The van der Waals surface area contributed by atoms with Crippen molar-refractivity contribution < 1.29 is 37.3 Å². The molecule has 230 valence electrons. The first kappa shape index (κ1) is 30.6. The third-order valence-electron chi connectivity index (χ3n) is 8.07. The number of ether oxygens (including phenoxy) is 4. The number of carbonyl (C=O) groups excluding carboxylic acids is 1. The number of nitrogen functional groups attached to an aromatic ring is 1. The van der Waals surface area contributed by atoms with Crippen LogP contribution in [0.3, 0.4) is 0 Å². The fourth-order valence-corrected chi connectivity index (χ4v) is 7.70. The number of phenols is 1. The van der Waals surface area contributed by atoms with Gasteiger partial charge in [0.05, 0.1) is 36.2 Å². The van der Waals surface area contributed by atoms with E-state index in [0.29, 0.717) is 18.7 Å². The number of hydrogen-bond donors (Lipinski definition) is 2. The number of amides is 1. The normalized spacial score (nSPS) is 27.1. The molecule has 12 heteroatoms. The first-order valence-corrected chi connectivity index (χ1v) is 15.8. The summed E-state index contributed by atoms with van der Waals surface area (Å²) < 4.78 is 52.9. The highest BCUT2D eigenvalue weighted by molar-refractivity contribution is 7.89. The van der Waals surface area contributed by atoms with Gasteiger partial charge >= 0.3 is 6.09 Å². The largest absolute Gasteiger partial charge is 0.508 e. The van der Waals surface area contributed by atoms with Gasteiger partial charge in [0.2, 0.25) is 10.0 Å². The monoisotopic (exact) mass is 603 g/mol. The minimum absolute atomic E-state index is 0.0198. The molecule has 3 heterocycles. The molecule has 42 heavy (non-hydrogen) atoms. The van der Waals surface area contributed by atoms with Crippen LogP contribution < -0.4 is 5.73 Å². The van der Waals surface area contributed by atoms with E-state index in [4.69, 9.17) is 24.7 Å². The van der Waals surface area contributed by atoms with Gasteiger partial charge < -0.3 is 29.8 Å². The van der Waals surface area contributed by atoms with Crippen molar-refractivity contribution in [1.29, 1.82) is 0 Å². The second-order valence-corrected chi connectivity index (χ2v) is 14.1. The summed E-state index contributed by atoms with van der Waals surface area (Å²) >= 11 is 0. The molecule has 0 saturated carbocycles. The summed E-state index contributed by atoms with van der Waals surface area (Å²) in [6.07, 6.45) is -0.936. The summed E-state index contributed by atoms with van der Waals surface area (Å²) in [7, 11) is -3.91. The van der Waals surface area contributed by atoms with Crippen LogP contribution in [0.4, 0.5) is 10.5 Å². The zero-order valence-electron chi connectivity index (χ0n) is 24.5. The Morgan fingerprint density at radius 3 is 2.50 bits per heavy atom. The topological polar surface area (TPSA) is 141 Å². The molecule has 2 aromatic carbocycles. The van der Waals surface area contributed by atoms with E-state index in [9.17, 15) is 18.3 Å². The summed E-state index contributed by atoms with van der Waals surface area (Å²) in [6.45, 7) is 8.56. The zero-order valence-corrected chi connectivity index (χ0v) is 25.3. The maximum absolute atomic E-state index is 13.9. The predicted molar refractivity (Wildman–Crippen MR) is 155 cm³/mol. The molecule has 0 aromatic heterocycles. The van der Waals surface area contributed by atoms with E-state index in [-0.39, 0.29) is 48.5 Å². The molecule has 5 atom stereocenters. The van der Waals surface area contributed by atoms with Gasteiger partial charge in [-0.2, -0.15) is 4.31 Å². The van der Waals surface area contributed by atoms with Gasteiger partial charge in [0.1, 0.15) is 17.6 Å². The van der Waals surface area contributed by atoms with Crippen molar-refractivity contribution in [1.82, 2.24) is 9.21 Å². The number of hydrogen-bond acceptors (Lipinski definition) is 9. The lowest BCUT2D eigenvalue weighted by molar-refractivity contribution is -0.0911. The van der Waals surface area contributed by atoms with E-state index in [1.807, 2.05) is 13.8 Å². The standard InChI is InChI=1S/C30H41N3O8S/c1-19(2)16-32(42(36,37)23-11-7-21(31)8-12-23)17-26-25(15-20-5-9-22(34)10-6-20)33(30(3,4)41-26)29(35)40-27-18-39-28-24(27)13-14-38-28/h5-12,19,24-28,34H,13-18,31H2,1-4H3/t24-,25-,26+,27+,28+/m0/s1. The molecule has 11 nitrogen and oxygen atoms in total. The summed E-state index contributed by atoms with van der Waals surface area (Å²) in [5.41, 5.74) is 6.04. The first-order chi connectivity index (χ1) is 19.8. The maximum Gasteiger partial charge on any atom is 0.412 e. The molecule has 2 aromatic rings. The molecule has 0 bridgehead atoms. The van der Waals surface area contributed by atoms with Gasteiger partial charge in [-0.25, -0.2) is 13.2 Å². The molecule has 5 rings (SSSR count). The number of nitrogens with two attached hydrogens (primary N) is 1. The summed E-state index contributed by atoms with van der Waals surface area (Å²) in [6, 6.07) is 12.3. The molecule has 1 amide bonds. The highest BCUT2D eigenvalue weighted by Gasteiger charge is 2.53. The highest BCUT2D eigenvalue weighted by atomic mass is 32.2. The van der Waals surface area contributed by atoms with Crippen LogP contribution in [-0.2, 0) is 35.4 Å². The van der Waals surface area contributed by atoms with Gasteiger partial charge in [0.15, 0.2) is 6.29 Å². The van der Waals surface area contributed by atoms with Gasteiger partial charge in [0.25, 0.3) is 0 Å². The lowest BCUT2D eigenvalue weighted by Gasteiger charge is -2.34. The third-order valence-corrected chi connectivity index (χ3v) is 9.91. The van der Waals surface area contributed by atoms with Crippen molar-refractivity contribution in [3.05, 3.63) is 54.1 Å². The van der Waals surface area contributed by atoms with Crippen LogP contribution in [0.5, 0.6) is 5.75 Å². The minimum Gasteiger partial charge on any atom is -0.508 e. The molecular formula is C30H41N3O8S. The fourth-order valence-electron chi connectivity index (χ4n) is 6.08. The number of phenolic OH excluding ortho intramolecular Hbond substituents is 1. The minimum atomic E-state index is -3.91. The summed E-state index contributed by atoms with van der Waals surface area (Å²) in [5.74, 6) is 0.129. The SMILES string of the molecule is CC(C)CN(C[C@H]1OC(C)(C)N(C(=O)O[C@@H]2CO[C@H]3OCC[C@H]32)[C@H]1Cc1ccc(O)cc1)S(=O)(=O)c1ccc(N)cc1. The lowest BCUT2D eigenvalue weighted by atomic mass is 9.99. The van der Waals surface area contributed by atoms with E-state index in [1.54, 1.807) is 55.1 Å². The molecule has 3 aliphatic rings. The number of benzene rings is 2. The molecule has 0 spiro atoms. The number of sulfonamides is 1. The Labute approximate surface area is 247 Å². The molecule has 3 fully saturated rings. The van der Waals surface area contributed by atoms with Crippen LogP contribution in [0.1, 0.15) is 39.7 Å². The smallest absolute Gasteiger partial charge is 0.412 e. The molecule has 0 unspecified atom stereocenters. The Hall–Kier alpha value is -2.90. The number of fused-ring (bicyclic) bond motifs is 1. The maximum atomic E-state index is 13.9. The highest BCUT2D eigenvalue weighted by Crippen LogP contribution is 2.38. The molecule has 0 aliphatic carbocycles. The van der Waals surface area contributed by atoms with Crippen molar-refractivity contribution in [3.8, 4) is 5.75 Å². The quantitative estimate of drug-likeness (QED) is 0.412. The second-order valence-electron chi connectivity index (χ2n) is 12.1. The van der Waals surface area contributed by atoms with Gasteiger partial charge in [-0.15, -0.1) is 0 Å². The number of anilines is 1. The molecular weight excluding hydrogens is 562 g/mol. The molecule has 3 N–H and O–H groups in total. The van der Waals surface area contributed by atoms with Crippen molar-refractivity contribution in [2.45, 2.75) is 75.7 Å². The molecule has 3 aliphatic heterocycles. The molecule has 0 radical (unpaired) electrons. The Balaban J connectivity index is 1.45. The average molecular weight is 604 g/mol. The number of rotatable bonds is 9. The van der Waals surface area contributed by atoms with Crippen molar-refractivity contribution >= 4 is 21.8 Å². The first-order valence-electron chi connectivity index (χ1n) is 14.4. The van der Waals surface area contributed by atoms with E-state index < -0.39 is 40.1 Å². The van der Waals surface area contributed by atoms with Gasteiger partial charge in [-0.05, 0) is 74.6 Å². The van der Waals surface area contributed by atoms with Crippen molar-refractivity contribution in [2.75, 3.05) is 32.0 Å². The Bertz CT molecular complexity index is 1350. The third kappa shape index (κ3) is 6.37. The van der Waals surface area contributed by atoms with Crippen LogP contribution in [0.2, 0.25) is 0 Å². The van der Waals surface area contributed by atoms with Crippen LogP contribution >= 0.6 is 0 Å². The second kappa shape index (κ2) is 12.0. The van der Waals surface area contributed by atoms with E-state index >= 15 is 0 Å². The predicted octanol–water partition coefficient (Wildman–Crippen LogP) is 3.57. The Kier molecular flexibility index (Phi) is 8.73. The van der Waals surface area contributed by atoms with Crippen LogP contribution in [-0.4, -0.2) is 85.4 Å². The van der Waals surface area contributed by atoms with E-state index in [1.165, 1.54) is 16.4 Å². The Morgan fingerprint density at radius 2 is 1.83 bits per heavy atom. The van der Waals surface area contributed by atoms with Crippen LogP contribution in [0.15, 0.2) is 53.4 Å². The van der Waals surface area contributed by atoms with Gasteiger partial charge in [-0.1, -0.05) is 26.0 Å². The van der Waals surface area contributed by atoms with Crippen LogP contribution in [0, 0.1) is 11.8 Å². The summed E-state index contributed by atoms with van der Waals surface area (Å²) in [5, 5.41) is 9.83. The average Bonchev–Trinajstić information content (AvgIpc) is 3.59. The molecule has 3 saturated heterocycles.